The molecule has 156 valence electrons. The fraction of sp³-hybridized carbons (Fsp3) is 0.0800. The third-order valence-electron chi connectivity index (χ3n) is 4.17. The Kier molecular flexibility index (Phi) is 7.71. The summed E-state index contributed by atoms with van der Waals surface area (Å²) in [6.45, 7) is 1.78. The van der Waals surface area contributed by atoms with Crippen LogP contribution >= 0.6 is 0 Å². The molecule has 0 atom stereocenters. The predicted octanol–water partition coefficient (Wildman–Crippen LogP) is 4.14. The monoisotopic (exact) mass is 414 g/mol. The van der Waals surface area contributed by atoms with Crippen LogP contribution < -0.4 is 14.9 Å². The van der Waals surface area contributed by atoms with E-state index in [4.69, 9.17) is 9.47 Å². The van der Waals surface area contributed by atoms with Gasteiger partial charge in [0, 0.05) is 6.08 Å². The maximum absolute atomic E-state index is 11.9. The fourth-order valence-electron chi connectivity index (χ4n) is 2.57. The van der Waals surface area contributed by atoms with Gasteiger partial charge in [-0.3, -0.25) is 4.79 Å². The summed E-state index contributed by atoms with van der Waals surface area (Å²) in [5, 5.41) is 3.91. The van der Waals surface area contributed by atoms with E-state index >= 15 is 0 Å². The van der Waals surface area contributed by atoms with Crippen molar-refractivity contribution in [3.05, 3.63) is 102 Å². The molecule has 0 bridgehead atoms. The summed E-state index contributed by atoms with van der Waals surface area (Å²) in [7, 11) is 0. The van der Waals surface area contributed by atoms with Gasteiger partial charge in [-0.15, -0.1) is 0 Å². The lowest BCUT2D eigenvalue weighted by Gasteiger charge is -2.07. The summed E-state index contributed by atoms with van der Waals surface area (Å²) in [4.78, 5) is 23.8. The summed E-state index contributed by atoms with van der Waals surface area (Å²) in [5.41, 5.74) is 5.01. The third-order valence-corrected chi connectivity index (χ3v) is 4.17. The van der Waals surface area contributed by atoms with Crippen molar-refractivity contribution >= 4 is 24.2 Å². The van der Waals surface area contributed by atoms with Crippen LogP contribution in [0.1, 0.15) is 16.7 Å². The average molecular weight is 414 g/mol. The highest BCUT2D eigenvalue weighted by atomic mass is 16.5. The molecule has 1 N–H and O–H groups in total. The summed E-state index contributed by atoms with van der Waals surface area (Å²) in [6, 6.07) is 23.7. The first kappa shape index (κ1) is 21.5. The molecule has 0 radical (unpaired) electrons. The Morgan fingerprint density at radius 2 is 1.61 bits per heavy atom. The lowest BCUT2D eigenvalue weighted by atomic mass is 10.2. The van der Waals surface area contributed by atoms with Crippen LogP contribution in [0.3, 0.4) is 0 Å². The van der Waals surface area contributed by atoms with Gasteiger partial charge in [-0.1, -0.05) is 48.5 Å². The first-order chi connectivity index (χ1) is 15.1. The minimum absolute atomic E-state index is 0.131. The number of ether oxygens (including phenoxy) is 2. The Morgan fingerprint density at radius 3 is 2.35 bits per heavy atom. The second-order valence-electron chi connectivity index (χ2n) is 6.58. The van der Waals surface area contributed by atoms with Crippen LogP contribution in [0, 0.1) is 6.92 Å². The topological polar surface area (TPSA) is 77.0 Å². The number of esters is 1. The largest absolute Gasteiger partial charge is 0.483 e. The van der Waals surface area contributed by atoms with E-state index in [0.29, 0.717) is 11.5 Å². The predicted molar refractivity (Wildman–Crippen MR) is 120 cm³/mol. The number of aryl methyl sites for hydroxylation is 1. The lowest BCUT2D eigenvalue weighted by molar-refractivity contribution is -0.129. The zero-order valence-electron chi connectivity index (χ0n) is 17.0. The number of nitrogens with one attached hydrogen (secondary N) is 1. The summed E-state index contributed by atoms with van der Waals surface area (Å²) >= 11 is 0. The van der Waals surface area contributed by atoms with Crippen LogP contribution in [0.4, 0.5) is 0 Å². The molecule has 1 amide bonds. The number of amides is 1. The van der Waals surface area contributed by atoms with Gasteiger partial charge in [0.2, 0.25) is 0 Å². The fourth-order valence-corrected chi connectivity index (χ4v) is 2.57. The Labute approximate surface area is 180 Å². The van der Waals surface area contributed by atoms with Crippen LogP contribution in [-0.4, -0.2) is 24.7 Å². The Morgan fingerprint density at radius 1 is 0.903 bits per heavy atom. The highest BCUT2D eigenvalue weighted by Gasteiger charge is 2.03. The van der Waals surface area contributed by atoms with Gasteiger partial charge in [0.1, 0.15) is 11.5 Å². The van der Waals surface area contributed by atoms with E-state index in [1.54, 1.807) is 36.4 Å². The highest BCUT2D eigenvalue weighted by Crippen LogP contribution is 2.15. The smallest absolute Gasteiger partial charge is 0.336 e. The number of hydrogen-bond acceptors (Lipinski definition) is 5. The molecule has 0 saturated heterocycles. The maximum atomic E-state index is 11.9. The van der Waals surface area contributed by atoms with Crippen molar-refractivity contribution in [1.82, 2.24) is 5.43 Å². The van der Waals surface area contributed by atoms with E-state index in [0.717, 1.165) is 16.7 Å². The third kappa shape index (κ3) is 7.29. The van der Waals surface area contributed by atoms with Gasteiger partial charge in [-0.2, -0.15) is 5.10 Å². The van der Waals surface area contributed by atoms with Gasteiger partial charge in [0.25, 0.3) is 5.91 Å². The first-order valence-electron chi connectivity index (χ1n) is 9.65. The molecule has 3 rings (SSSR count). The molecule has 31 heavy (non-hydrogen) atoms. The molecule has 0 fully saturated rings. The molecular formula is C25H22N2O4. The lowest BCUT2D eigenvalue weighted by Crippen LogP contribution is -2.24. The van der Waals surface area contributed by atoms with Crippen molar-refractivity contribution in [2.75, 3.05) is 6.61 Å². The van der Waals surface area contributed by atoms with Gasteiger partial charge < -0.3 is 9.47 Å². The van der Waals surface area contributed by atoms with Gasteiger partial charge in [0.15, 0.2) is 6.61 Å². The van der Waals surface area contributed by atoms with Crippen molar-refractivity contribution in [2.24, 2.45) is 5.10 Å². The Hall–Kier alpha value is -4.19. The van der Waals surface area contributed by atoms with E-state index in [2.05, 4.69) is 10.5 Å². The van der Waals surface area contributed by atoms with Crippen LogP contribution in [0.25, 0.3) is 6.08 Å². The number of hydrogen-bond donors (Lipinski definition) is 1. The van der Waals surface area contributed by atoms with Crippen LogP contribution in [-0.2, 0) is 9.59 Å². The van der Waals surface area contributed by atoms with Gasteiger partial charge in [-0.25, -0.2) is 10.2 Å². The molecule has 0 spiro atoms. The normalized spacial score (nSPS) is 10.9. The number of benzene rings is 3. The molecular weight excluding hydrogens is 392 g/mol. The van der Waals surface area contributed by atoms with Gasteiger partial charge >= 0.3 is 5.97 Å². The molecule has 3 aromatic carbocycles. The van der Waals surface area contributed by atoms with E-state index in [-0.39, 0.29) is 12.5 Å². The van der Waals surface area contributed by atoms with Gasteiger partial charge in [0.05, 0.1) is 6.21 Å². The quantitative estimate of drug-likeness (QED) is 0.198. The molecule has 6 heteroatoms. The molecule has 0 heterocycles. The molecule has 0 aliphatic rings. The van der Waals surface area contributed by atoms with Crippen molar-refractivity contribution in [2.45, 2.75) is 6.92 Å². The minimum Gasteiger partial charge on any atom is -0.483 e. The van der Waals surface area contributed by atoms with Crippen molar-refractivity contribution in [3.8, 4) is 11.5 Å². The van der Waals surface area contributed by atoms with Crippen molar-refractivity contribution in [1.29, 1.82) is 0 Å². The van der Waals surface area contributed by atoms with Crippen LogP contribution in [0.15, 0.2) is 90.0 Å². The number of nitrogens with zero attached hydrogens (tertiary/aromatic N) is 1. The van der Waals surface area contributed by atoms with Crippen LogP contribution in [0.5, 0.6) is 11.5 Å². The average Bonchev–Trinajstić information content (AvgIpc) is 2.79. The Balaban J connectivity index is 1.43. The molecule has 0 saturated carbocycles. The summed E-state index contributed by atoms with van der Waals surface area (Å²) < 4.78 is 10.7. The van der Waals surface area contributed by atoms with Crippen LogP contribution in [0.2, 0.25) is 0 Å². The van der Waals surface area contributed by atoms with Crippen molar-refractivity contribution in [3.63, 3.8) is 0 Å². The van der Waals surface area contributed by atoms with E-state index in [1.807, 2.05) is 55.5 Å². The molecule has 0 aliphatic heterocycles. The van der Waals surface area contributed by atoms with E-state index in [9.17, 15) is 9.59 Å². The zero-order valence-corrected chi connectivity index (χ0v) is 17.0. The number of hydrazone groups is 1. The summed E-state index contributed by atoms with van der Waals surface area (Å²) in [6.07, 6.45) is 4.56. The van der Waals surface area contributed by atoms with Gasteiger partial charge in [-0.05, 0) is 60.0 Å². The maximum Gasteiger partial charge on any atom is 0.336 e. The standard InChI is InChI=1S/C25H22N2O4/c1-19-7-5-6-10-23(19)30-18-24(28)27-26-17-21-11-14-22(15-12-21)31-25(29)16-13-20-8-3-2-4-9-20/h2-17H,18H2,1H3,(H,27,28). The summed E-state index contributed by atoms with van der Waals surface area (Å²) in [5.74, 6) is 0.238. The SMILES string of the molecule is Cc1ccccc1OCC(=O)NN=Cc1ccc(OC(=O)C=Cc2ccccc2)cc1. The first-order valence-corrected chi connectivity index (χ1v) is 9.65. The van der Waals surface area contributed by atoms with E-state index < -0.39 is 5.97 Å². The highest BCUT2D eigenvalue weighted by molar-refractivity contribution is 5.89. The molecule has 0 unspecified atom stereocenters. The molecule has 0 aliphatic carbocycles. The number of carbonyl (C=O) groups is 2. The second kappa shape index (κ2) is 11.1. The number of carbonyl (C=O) groups excluding carboxylic acids is 2. The van der Waals surface area contributed by atoms with Crippen molar-refractivity contribution < 1.29 is 19.1 Å². The molecule has 6 nitrogen and oxygen atoms in total. The number of rotatable bonds is 8. The molecule has 3 aromatic rings. The number of para-hydroxylation sites is 1. The Bertz CT molecular complexity index is 1070. The zero-order chi connectivity index (χ0) is 21.9. The van der Waals surface area contributed by atoms with E-state index in [1.165, 1.54) is 12.3 Å². The molecule has 0 aromatic heterocycles. The minimum atomic E-state index is -0.466. The second-order valence-corrected chi connectivity index (χ2v) is 6.58.